The molecule has 1 atom stereocenters. The Balaban J connectivity index is 3.82. The predicted molar refractivity (Wildman–Crippen MR) is 66.6 cm³/mol. The quantitative estimate of drug-likeness (QED) is 0.719. The van der Waals surface area contributed by atoms with Crippen LogP contribution in [0.5, 0.6) is 0 Å². The zero-order valence-corrected chi connectivity index (χ0v) is 11.2. The molecule has 5 heteroatoms. The summed E-state index contributed by atoms with van der Waals surface area (Å²) in [6.45, 7) is 5.72. The Morgan fingerprint density at radius 1 is 1.44 bits per heavy atom. The van der Waals surface area contributed by atoms with E-state index in [-0.39, 0.29) is 5.91 Å². The highest BCUT2D eigenvalue weighted by Crippen LogP contribution is 2.19. The van der Waals surface area contributed by atoms with Gasteiger partial charge in [0.1, 0.15) is 0 Å². The lowest BCUT2D eigenvalue weighted by Gasteiger charge is -2.19. The van der Waals surface area contributed by atoms with Gasteiger partial charge < -0.3 is 10.4 Å². The van der Waals surface area contributed by atoms with Gasteiger partial charge in [-0.2, -0.15) is 11.8 Å². The van der Waals surface area contributed by atoms with Crippen molar-refractivity contribution in [1.82, 2.24) is 5.32 Å². The van der Waals surface area contributed by atoms with Gasteiger partial charge in [-0.05, 0) is 26.5 Å². The maximum Gasteiger partial charge on any atom is 0.309 e. The van der Waals surface area contributed by atoms with E-state index in [9.17, 15) is 9.59 Å². The second-order valence-electron chi connectivity index (χ2n) is 4.54. The van der Waals surface area contributed by atoms with Crippen LogP contribution in [0.1, 0.15) is 33.6 Å². The minimum atomic E-state index is -0.834. The molecule has 0 aliphatic carbocycles. The van der Waals surface area contributed by atoms with E-state index in [1.54, 1.807) is 25.6 Å². The topological polar surface area (TPSA) is 66.4 Å². The van der Waals surface area contributed by atoms with E-state index in [1.807, 2.05) is 13.2 Å². The molecule has 0 aromatic carbocycles. The Hall–Kier alpha value is -0.710. The van der Waals surface area contributed by atoms with Crippen molar-refractivity contribution < 1.29 is 14.7 Å². The molecule has 0 rings (SSSR count). The lowest BCUT2D eigenvalue weighted by Crippen LogP contribution is -2.32. The number of aliphatic carboxylic acids is 1. The van der Waals surface area contributed by atoms with Gasteiger partial charge in [-0.1, -0.05) is 6.92 Å². The number of carboxylic acids is 1. The third kappa shape index (κ3) is 6.00. The van der Waals surface area contributed by atoms with Crippen molar-refractivity contribution in [3.05, 3.63) is 0 Å². The minimum absolute atomic E-state index is 0.0111. The van der Waals surface area contributed by atoms with E-state index in [0.29, 0.717) is 24.6 Å². The van der Waals surface area contributed by atoms with Gasteiger partial charge in [-0.15, -0.1) is 0 Å². The van der Waals surface area contributed by atoms with Crippen molar-refractivity contribution in [1.29, 1.82) is 0 Å². The molecule has 0 radical (unpaired) electrons. The first-order valence-corrected chi connectivity index (χ1v) is 6.61. The zero-order valence-electron chi connectivity index (χ0n) is 10.4. The normalized spacial score (nSPS) is 13.2. The van der Waals surface area contributed by atoms with Gasteiger partial charge >= 0.3 is 5.97 Å². The number of hydrogen-bond acceptors (Lipinski definition) is 3. The Labute approximate surface area is 101 Å². The molecule has 0 spiro atoms. The van der Waals surface area contributed by atoms with E-state index in [2.05, 4.69) is 5.32 Å². The van der Waals surface area contributed by atoms with Crippen LogP contribution < -0.4 is 5.32 Å². The molecule has 4 nitrogen and oxygen atoms in total. The van der Waals surface area contributed by atoms with E-state index >= 15 is 0 Å². The summed E-state index contributed by atoms with van der Waals surface area (Å²) >= 11 is 1.64. The van der Waals surface area contributed by atoms with Crippen molar-refractivity contribution in [2.45, 2.75) is 38.9 Å². The molecule has 0 aliphatic heterocycles. The maximum atomic E-state index is 11.4. The summed E-state index contributed by atoms with van der Waals surface area (Å²) in [5.41, 5.74) is -0.779. The number of amides is 1. The number of carbonyl (C=O) groups is 2. The van der Waals surface area contributed by atoms with Gasteiger partial charge in [0, 0.05) is 18.2 Å². The Morgan fingerprint density at radius 2 is 2.00 bits per heavy atom. The number of carbonyl (C=O) groups excluding carboxylic acids is 1. The maximum absolute atomic E-state index is 11.4. The predicted octanol–water partition coefficient (Wildman–Crippen LogP) is 1.75. The molecule has 0 aromatic heterocycles. The van der Waals surface area contributed by atoms with Crippen molar-refractivity contribution in [3.8, 4) is 0 Å². The van der Waals surface area contributed by atoms with Crippen LogP contribution in [0.15, 0.2) is 0 Å². The van der Waals surface area contributed by atoms with E-state index in [0.717, 1.165) is 0 Å². The molecule has 1 unspecified atom stereocenters. The standard InChI is InChI=1S/C11H21NO3S/c1-8(16-4)7-9(13)12-6-5-11(2,3)10(14)15/h8H,5-7H2,1-4H3,(H,12,13)(H,14,15). The molecule has 16 heavy (non-hydrogen) atoms. The fourth-order valence-corrected chi connectivity index (χ4v) is 1.36. The molecule has 0 heterocycles. The average molecular weight is 247 g/mol. The summed E-state index contributed by atoms with van der Waals surface area (Å²) in [6, 6.07) is 0. The molecule has 0 saturated carbocycles. The smallest absolute Gasteiger partial charge is 0.309 e. The van der Waals surface area contributed by atoms with Gasteiger partial charge in [0.2, 0.25) is 5.91 Å². The third-order valence-electron chi connectivity index (χ3n) is 2.53. The number of rotatable bonds is 7. The molecule has 0 fully saturated rings. The highest BCUT2D eigenvalue weighted by molar-refractivity contribution is 7.99. The summed E-state index contributed by atoms with van der Waals surface area (Å²) < 4.78 is 0. The number of nitrogens with one attached hydrogen (secondary N) is 1. The average Bonchev–Trinajstić information content (AvgIpc) is 2.16. The van der Waals surface area contributed by atoms with Gasteiger partial charge in [-0.25, -0.2) is 0 Å². The van der Waals surface area contributed by atoms with Gasteiger partial charge in [0.15, 0.2) is 0 Å². The molecule has 94 valence electrons. The summed E-state index contributed by atoms with van der Waals surface area (Å²) in [4.78, 5) is 22.2. The van der Waals surface area contributed by atoms with Crippen LogP contribution >= 0.6 is 11.8 Å². The van der Waals surface area contributed by atoms with Crippen LogP contribution in [0.3, 0.4) is 0 Å². The first-order valence-electron chi connectivity index (χ1n) is 5.32. The van der Waals surface area contributed by atoms with Gasteiger partial charge in [0.25, 0.3) is 0 Å². The molecule has 0 aliphatic rings. The van der Waals surface area contributed by atoms with Crippen molar-refractivity contribution >= 4 is 23.6 Å². The fraction of sp³-hybridized carbons (Fsp3) is 0.818. The molecular weight excluding hydrogens is 226 g/mol. The first kappa shape index (κ1) is 15.3. The van der Waals surface area contributed by atoms with Crippen molar-refractivity contribution in [2.75, 3.05) is 12.8 Å². The summed E-state index contributed by atoms with van der Waals surface area (Å²) in [5.74, 6) is -0.845. The van der Waals surface area contributed by atoms with Crippen molar-refractivity contribution in [2.24, 2.45) is 5.41 Å². The summed E-state index contributed by atoms with van der Waals surface area (Å²) in [6.07, 6.45) is 2.89. The highest BCUT2D eigenvalue weighted by atomic mass is 32.2. The van der Waals surface area contributed by atoms with Crippen LogP contribution in [0, 0.1) is 5.41 Å². The lowest BCUT2D eigenvalue weighted by molar-refractivity contribution is -0.147. The Morgan fingerprint density at radius 3 is 2.44 bits per heavy atom. The zero-order chi connectivity index (χ0) is 12.8. The van der Waals surface area contributed by atoms with Crippen LogP contribution in [-0.4, -0.2) is 35.0 Å². The molecular formula is C11H21NO3S. The van der Waals surface area contributed by atoms with Crippen LogP contribution in [0.4, 0.5) is 0 Å². The molecule has 1 amide bonds. The molecule has 0 bridgehead atoms. The largest absolute Gasteiger partial charge is 0.481 e. The monoisotopic (exact) mass is 247 g/mol. The minimum Gasteiger partial charge on any atom is -0.481 e. The molecule has 2 N–H and O–H groups in total. The number of carboxylic acid groups (broad SMARTS) is 1. The van der Waals surface area contributed by atoms with E-state index in [4.69, 9.17) is 5.11 Å². The Kier molecular flexibility index (Phi) is 6.48. The number of hydrogen-bond donors (Lipinski definition) is 2. The summed E-state index contributed by atoms with van der Waals surface area (Å²) in [7, 11) is 0. The Bertz CT molecular complexity index is 254. The van der Waals surface area contributed by atoms with Crippen LogP contribution in [-0.2, 0) is 9.59 Å². The lowest BCUT2D eigenvalue weighted by atomic mass is 9.90. The fourth-order valence-electron chi connectivity index (χ4n) is 1.04. The SMILES string of the molecule is CSC(C)CC(=O)NCCC(C)(C)C(=O)O. The highest BCUT2D eigenvalue weighted by Gasteiger charge is 2.26. The molecule has 0 aromatic rings. The second-order valence-corrected chi connectivity index (χ2v) is 5.82. The second kappa shape index (κ2) is 6.78. The van der Waals surface area contributed by atoms with Gasteiger partial charge in [-0.3, -0.25) is 9.59 Å². The molecule has 0 saturated heterocycles. The first-order chi connectivity index (χ1) is 7.29. The van der Waals surface area contributed by atoms with E-state index < -0.39 is 11.4 Å². The summed E-state index contributed by atoms with van der Waals surface area (Å²) in [5, 5.41) is 11.9. The third-order valence-corrected chi connectivity index (χ3v) is 3.50. The van der Waals surface area contributed by atoms with Crippen LogP contribution in [0.25, 0.3) is 0 Å². The van der Waals surface area contributed by atoms with Crippen LogP contribution in [0.2, 0.25) is 0 Å². The van der Waals surface area contributed by atoms with Crippen molar-refractivity contribution in [3.63, 3.8) is 0 Å². The van der Waals surface area contributed by atoms with E-state index in [1.165, 1.54) is 0 Å². The number of thioether (sulfide) groups is 1. The van der Waals surface area contributed by atoms with Gasteiger partial charge in [0.05, 0.1) is 5.41 Å².